The van der Waals surface area contributed by atoms with Gasteiger partial charge in [0.1, 0.15) is 5.75 Å². The van der Waals surface area contributed by atoms with Crippen LogP contribution >= 0.6 is 0 Å². The van der Waals surface area contributed by atoms with Gasteiger partial charge in [0.25, 0.3) is 0 Å². The highest BCUT2D eigenvalue weighted by atomic mass is 32.2. The molecule has 0 saturated heterocycles. The van der Waals surface area contributed by atoms with E-state index in [0.29, 0.717) is 12.1 Å². The summed E-state index contributed by atoms with van der Waals surface area (Å²) in [6.45, 7) is 0.00412. The van der Waals surface area contributed by atoms with Gasteiger partial charge in [-0.25, -0.2) is 4.31 Å². The van der Waals surface area contributed by atoms with E-state index in [1.807, 2.05) is 66.7 Å². The molecule has 4 aromatic rings. The summed E-state index contributed by atoms with van der Waals surface area (Å²) in [6.07, 6.45) is 0.348. The van der Waals surface area contributed by atoms with E-state index in [1.165, 1.54) is 0 Å². The molecule has 0 aliphatic rings. The first kappa shape index (κ1) is 23.3. The molecule has 0 saturated carbocycles. The van der Waals surface area contributed by atoms with Gasteiger partial charge < -0.3 is 4.74 Å². The quantitative estimate of drug-likeness (QED) is 0.377. The number of carbonyl (C=O) groups is 1. The number of nitrogens with zero attached hydrogens (tertiary/aromatic N) is 1. The summed E-state index contributed by atoms with van der Waals surface area (Å²) in [5.41, 5.74) is 2.08. The molecule has 7 heteroatoms. The molecule has 1 N–H and O–H groups in total. The number of hydrogen-bond donors (Lipinski definition) is 1. The van der Waals surface area contributed by atoms with Gasteiger partial charge in [0, 0.05) is 6.54 Å². The highest BCUT2D eigenvalue weighted by molar-refractivity contribution is 7.90. The standard InChI is InChI=1S/C27H26N2O4S/c1-33-25-16-15-22-11-8-12-23(26(22)20-25)17-18-29(27(30)19-21-9-4-2-5-10-21)34(31,32)28-24-13-6-3-7-14-24/h2-16,20,28H,17-19H2,1H3. The van der Waals surface area contributed by atoms with Crippen molar-refractivity contribution in [3.63, 3.8) is 0 Å². The van der Waals surface area contributed by atoms with Crippen molar-refractivity contribution in [1.29, 1.82) is 0 Å². The van der Waals surface area contributed by atoms with Gasteiger partial charge in [-0.1, -0.05) is 72.8 Å². The lowest BCUT2D eigenvalue weighted by atomic mass is 10.0. The summed E-state index contributed by atoms with van der Waals surface area (Å²) in [7, 11) is -2.52. The molecule has 0 bridgehead atoms. The Hall–Kier alpha value is -3.84. The van der Waals surface area contributed by atoms with Gasteiger partial charge >= 0.3 is 10.2 Å². The molecule has 0 aromatic heterocycles. The predicted octanol–water partition coefficient (Wildman–Crippen LogP) is 4.82. The molecular formula is C27H26N2O4S. The molecule has 0 unspecified atom stereocenters. The summed E-state index contributed by atoms with van der Waals surface area (Å²) in [6, 6.07) is 29.3. The maximum atomic E-state index is 13.3. The zero-order valence-corrected chi connectivity index (χ0v) is 19.7. The topological polar surface area (TPSA) is 75.7 Å². The number of benzene rings is 4. The fourth-order valence-electron chi connectivity index (χ4n) is 3.83. The summed E-state index contributed by atoms with van der Waals surface area (Å²) < 4.78 is 35.4. The first-order valence-electron chi connectivity index (χ1n) is 10.9. The molecule has 0 aliphatic carbocycles. The minimum absolute atomic E-state index is 0.00412. The summed E-state index contributed by atoms with van der Waals surface area (Å²) >= 11 is 0. The number of amides is 1. The second-order valence-electron chi connectivity index (χ2n) is 7.86. The maximum absolute atomic E-state index is 13.3. The lowest BCUT2D eigenvalue weighted by molar-refractivity contribution is -0.125. The predicted molar refractivity (Wildman–Crippen MR) is 135 cm³/mol. The largest absolute Gasteiger partial charge is 0.497 e. The van der Waals surface area contributed by atoms with Crippen molar-refractivity contribution in [1.82, 2.24) is 4.31 Å². The number of fused-ring (bicyclic) bond motifs is 1. The van der Waals surface area contributed by atoms with Crippen LogP contribution in [-0.2, 0) is 27.8 Å². The van der Waals surface area contributed by atoms with Crippen LogP contribution in [0.3, 0.4) is 0 Å². The van der Waals surface area contributed by atoms with Gasteiger partial charge in [0.15, 0.2) is 0 Å². The maximum Gasteiger partial charge on any atom is 0.326 e. The molecule has 6 nitrogen and oxygen atoms in total. The minimum atomic E-state index is -4.12. The summed E-state index contributed by atoms with van der Waals surface area (Å²) in [5.74, 6) is 0.225. The fraction of sp³-hybridized carbons (Fsp3) is 0.148. The molecule has 1 amide bonds. The Labute approximate surface area is 200 Å². The van der Waals surface area contributed by atoms with Crippen molar-refractivity contribution < 1.29 is 17.9 Å². The van der Waals surface area contributed by atoms with Gasteiger partial charge in [0.2, 0.25) is 5.91 Å². The van der Waals surface area contributed by atoms with Crippen molar-refractivity contribution in [2.75, 3.05) is 18.4 Å². The number of rotatable bonds is 9. The molecule has 4 rings (SSSR count). The molecule has 174 valence electrons. The Balaban J connectivity index is 1.63. The van der Waals surface area contributed by atoms with Gasteiger partial charge in [-0.3, -0.25) is 9.52 Å². The third-order valence-electron chi connectivity index (χ3n) is 5.55. The minimum Gasteiger partial charge on any atom is -0.497 e. The zero-order valence-electron chi connectivity index (χ0n) is 18.8. The lowest BCUT2D eigenvalue weighted by Gasteiger charge is -2.24. The van der Waals surface area contributed by atoms with Crippen LogP contribution in [0.1, 0.15) is 11.1 Å². The third kappa shape index (κ3) is 5.55. The van der Waals surface area contributed by atoms with Crippen LogP contribution in [0.4, 0.5) is 5.69 Å². The summed E-state index contributed by atoms with van der Waals surface area (Å²) in [5, 5.41) is 1.98. The summed E-state index contributed by atoms with van der Waals surface area (Å²) in [4.78, 5) is 13.2. The second kappa shape index (κ2) is 10.4. The first-order chi connectivity index (χ1) is 16.5. The highest BCUT2D eigenvalue weighted by Gasteiger charge is 2.27. The van der Waals surface area contributed by atoms with E-state index in [0.717, 1.165) is 32.0 Å². The molecule has 0 aliphatic heterocycles. The van der Waals surface area contributed by atoms with Crippen LogP contribution in [0.2, 0.25) is 0 Å². The Kier molecular flexibility index (Phi) is 7.13. The van der Waals surface area contributed by atoms with Crippen LogP contribution in [0.15, 0.2) is 97.1 Å². The van der Waals surface area contributed by atoms with Crippen molar-refractivity contribution in [2.24, 2.45) is 0 Å². The van der Waals surface area contributed by atoms with Gasteiger partial charge in [-0.2, -0.15) is 8.42 Å². The molecular weight excluding hydrogens is 448 g/mol. The van der Waals surface area contributed by atoms with E-state index in [-0.39, 0.29) is 13.0 Å². The first-order valence-corrected chi connectivity index (χ1v) is 12.4. The highest BCUT2D eigenvalue weighted by Crippen LogP contribution is 2.25. The molecule has 4 aromatic carbocycles. The number of ether oxygens (including phenoxy) is 1. The molecule has 34 heavy (non-hydrogen) atoms. The van der Waals surface area contributed by atoms with Crippen molar-refractivity contribution in [3.8, 4) is 5.75 Å². The Bertz CT molecular complexity index is 1370. The normalized spacial score (nSPS) is 11.2. The van der Waals surface area contributed by atoms with Crippen LogP contribution in [0.5, 0.6) is 5.75 Å². The van der Waals surface area contributed by atoms with Crippen LogP contribution in [-0.4, -0.2) is 32.3 Å². The SMILES string of the molecule is COc1ccc2cccc(CCN(C(=O)Cc3ccccc3)S(=O)(=O)Nc3ccccc3)c2c1. The Morgan fingerprint density at radius 2 is 1.59 bits per heavy atom. The zero-order chi connectivity index (χ0) is 24.0. The van der Waals surface area contributed by atoms with Gasteiger partial charge in [0.05, 0.1) is 19.2 Å². The van der Waals surface area contributed by atoms with E-state index >= 15 is 0 Å². The average molecular weight is 475 g/mol. The van der Waals surface area contributed by atoms with E-state index in [9.17, 15) is 13.2 Å². The van der Waals surface area contributed by atoms with Crippen LogP contribution in [0, 0.1) is 0 Å². The fourth-order valence-corrected chi connectivity index (χ4v) is 5.04. The smallest absolute Gasteiger partial charge is 0.326 e. The van der Waals surface area contributed by atoms with Gasteiger partial charge in [-0.05, 0) is 52.6 Å². The molecule has 0 atom stereocenters. The Morgan fingerprint density at radius 1 is 0.882 bits per heavy atom. The number of nitrogens with one attached hydrogen (secondary N) is 1. The van der Waals surface area contributed by atoms with E-state index in [2.05, 4.69) is 4.72 Å². The molecule has 0 radical (unpaired) electrons. The van der Waals surface area contributed by atoms with Gasteiger partial charge in [-0.15, -0.1) is 0 Å². The monoisotopic (exact) mass is 474 g/mol. The van der Waals surface area contributed by atoms with E-state index in [1.54, 1.807) is 37.4 Å². The van der Waals surface area contributed by atoms with Crippen molar-refractivity contribution in [2.45, 2.75) is 12.8 Å². The van der Waals surface area contributed by atoms with Crippen molar-refractivity contribution >= 4 is 32.6 Å². The number of hydrogen-bond acceptors (Lipinski definition) is 4. The number of para-hydroxylation sites is 1. The number of anilines is 1. The third-order valence-corrected chi connectivity index (χ3v) is 7.01. The van der Waals surface area contributed by atoms with Crippen LogP contribution in [0.25, 0.3) is 10.8 Å². The van der Waals surface area contributed by atoms with E-state index in [4.69, 9.17) is 4.74 Å². The van der Waals surface area contributed by atoms with E-state index < -0.39 is 16.1 Å². The second-order valence-corrected chi connectivity index (χ2v) is 9.45. The lowest BCUT2D eigenvalue weighted by Crippen LogP contribution is -2.42. The molecule has 0 spiro atoms. The average Bonchev–Trinajstić information content (AvgIpc) is 2.84. The molecule has 0 fully saturated rings. The van der Waals surface area contributed by atoms with Crippen LogP contribution < -0.4 is 9.46 Å². The number of methoxy groups -OCH3 is 1. The Morgan fingerprint density at radius 3 is 2.29 bits per heavy atom. The van der Waals surface area contributed by atoms with Crippen molar-refractivity contribution in [3.05, 3.63) is 108 Å². The number of carbonyl (C=O) groups excluding carboxylic acids is 1. The molecule has 0 heterocycles.